The first-order valence-corrected chi connectivity index (χ1v) is 6.28. The quantitative estimate of drug-likeness (QED) is 0.582. The molecule has 2 rings (SSSR count). The molecule has 0 unspecified atom stereocenters. The molecular weight excluding hydrogens is 245 g/mol. The van der Waals surface area contributed by atoms with Gasteiger partial charge in [0.15, 0.2) is 0 Å². The molecule has 15 heavy (non-hydrogen) atoms. The van der Waals surface area contributed by atoms with Crippen LogP contribution in [0.15, 0.2) is 54.6 Å². The Morgan fingerprint density at radius 2 is 1.47 bits per heavy atom. The van der Waals surface area contributed by atoms with Crippen LogP contribution in [-0.2, 0) is 0 Å². The third kappa shape index (κ3) is 2.18. The van der Waals surface area contributed by atoms with Crippen molar-refractivity contribution in [2.75, 3.05) is 0 Å². The van der Waals surface area contributed by atoms with E-state index in [0.29, 0.717) is 0 Å². The van der Waals surface area contributed by atoms with Crippen LogP contribution in [0.2, 0.25) is 0 Å². The molecular formula is C13H11GeO. The first kappa shape index (κ1) is 10.2. The molecule has 0 aliphatic heterocycles. The van der Waals surface area contributed by atoms with Crippen LogP contribution in [0, 0.1) is 0 Å². The topological polar surface area (TPSA) is 17.1 Å². The van der Waals surface area contributed by atoms with E-state index in [4.69, 9.17) is 0 Å². The second kappa shape index (κ2) is 4.45. The Morgan fingerprint density at radius 3 is 2.13 bits per heavy atom. The predicted octanol–water partition coefficient (Wildman–Crippen LogP) is 1.18. The van der Waals surface area contributed by atoms with E-state index < -0.39 is 0 Å². The van der Waals surface area contributed by atoms with Crippen molar-refractivity contribution >= 4 is 26.7 Å². The molecule has 73 valence electrons. The zero-order valence-corrected chi connectivity index (χ0v) is 11.3. The molecule has 0 fully saturated rings. The molecule has 1 radical (unpaired) electrons. The maximum atomic E-state index is 12.1. The molecule has 0 atom stereocenters. The fourth-order valence-electron chi connectivity index (χ4n) is 1.49. The molecule has 0 aliphatic rings. The van der Waals surface area contributed by atoms with Crippen LogP contribution in [0.3, 0.4) is 0 Å². The van der Waals surface area contributed by atoms with E-state index in [2.05, 4.69) is 0 Å². The summed E-state index contributed by atoms with van der Waals surface area (Å²) in [6, 6.07) is 17.2. The summed E-state index contributed by atoms with van der Waals surface area (Å²) in [5, 5.41) is 0. The number of hydrogen-bond acceptors (Lipinski definition) is 1. The van der Waals surface area contributed by atoms with Crippen LogP contribution >= 0.6 is 0 Å². The summed E-state index contributed by atoms with van der Waals surface area (Å²) >= 11 is 1.01. The molecule has 2 heteroatoms. The monoisotopic (exact) mass is 257 g/mol. The van der Waals surface area contributed by atoms with Crippen molar-refractivity contribution in [2.24, 2.45) is 0 Å². The average Bonchev–Trinajstić information content (AvgIpc) is 2.30. The van der Waals surface area contributed by atoms with Gasteiger partial charge in [-0.05, 0) is 0 Å². The van der Waals surface area contributed by atoms with Gasteiger partial charge in [-0.1, -0.05) is 0 Å². The summed E-state index contributed by atoms with van der Waals surface area (Å²) in [5.41, 5.74) is 1.60. The molecule has 0 N–H and O–H groups in total. The van der Waals surface area contributed by atoms with Gasteiger partial charge < -0.3 is 0 Å². The minimum absolute atomic E-state index is 0.123. The summed E-state index contributed by atoms with van der Waals surface area (Å²) in [5.74, 6) is 0.123. The van der Waals surface area contributed by atoms with Gasteiger partial charge in [0.2, 0.25) is 0 Å². The van der Waals surface area contributed by atoms with E-state index in [1.165, 1.54) is 0 Å². The molecule has 0 bridgehead atoms. The third-order valence-electron chi connectivity index (χ3n) is 2.30. The molecule has 1 nitrogen and oxygen atoms in total. The van der Waals surface area contributed by atoms with Crippen molar-refractivity contribution in [2.45, 2.75) is 0 Å². The molecule has 0 saturated carbocycles. The molecule has 0 saturated heterocycles. The Balaban J connectivity index is 2.42. The second-order valence-electron chi connectivity index (χ2n) is 3.35. The van der Waals surface area contributed by atoms with Crippen LogP contribution in [0.1, 0.15) is 15.9 Å². The van der Waals surface area contributed by atoms with Crippen LogP contribution < -0.4 is 4.40 Å². The Kier molecular flexibility index (Phi) is 3.02. The molecule has 0 aliphatic carbocycles. The van der Waals surface area contributed by atoms with Crippen molar-refractivity contribution in [3.05, 3.63) is 65.7 Å². The molecule has 0 amide bonds. The van der Waals surface area contributed by atoms with Gasteiger partial charge in [0.25, 0.3) is 0 Å². The van der Waals surface area contributed by atoms with Crippen LogP contribution in [-0.4, -0.2) is 22.3 Å². The molecule has 2 aromatic rings. The fourth-order valence-corrected chi connectivity index (χ4v) is 2.36. The van der Waals surface area contributed by atoms with Gasteiger partial charge in [0.05, 0.1) is 0 Å². The third-order valence-corrected chi connectivity index (χ3v) is 3.59. The SMILES string of the molecule is O=C(c1ccccc1)c1cccc[c]1[GeH2]. The van der Waals surface area contributed by atoms with Gasteiger partial charge in [-0.2, -0.15) is 0 Å². The second-order valence-corrected chi connectivity index (χ2v) is 4.95. The zero-order chi connectivity index (χ0) is 10.7. The van der Waals surface area contributed by atoms with Gasteiger partial charge >= 0.3 is 97.2 Å². The van der Waals surface area contributed by atoms with E-state index >= 15 is 0 Å². The van der Waals surface area contributed by atoms with Crippen molar-refractivity contribution in [1.82, 2.24) is 0 Å². The van der Waals surface area contributed by atoms with E-state index in [9.17, 15) is 4.79 Å². The first-order chi connectivity index (χ1) is 7.29. The van der Waals surface area contributed by atoms with Gasteiger partial charge in [-0.3, -0.25) is 0 Å². The summed E-state index contributed by atoms with van der Waals surface area (Å²) < 4.78 is 1.14. The molecule has 0 heterocycles. The first-order valence-electron chi connectivity index (χ1n) is 4.80. The summed E-state index contributed by atoms with van der Waals surface area (Å²) in [6.45, 7) is 0. The van der Waals surface area contributed by atoms with Crippen molar-refractivity contribution in [3.63, 3.8) is 0 Å². The van der Waals surface area contributed by atoms with Crippen LogP contribution in [0.4, 0.5) is 0 Å². The Morgan fingerprint density at radius 1 is 0.867 bits per heavy atom. The maximum absolute atomic E-state index is 12.1. The Bertz CT molecular complexity index is 477. The van der Waals surface area contributed by atoms with Gasteiger partial charge in [0.1, 0.15) is 0 Å². The van der Waals surface area contributed by atoms with Crippen molar-refractivity contribution in [3.8, 4) is 0 Å². The summed E-state index contributed by atoms with van der Waals surface area (Å²) in [6.07, 6.45) is 0. The fraction of sp³-hybridized carbons (Fsp3) is 0. The van der Waals surface area contributed by atoms with Crippen LogP contribution in [0.5, 0.6) is 0 Å². The number of carbonyl (C=O) groups excluding carboxylic acids is 1. The standard InChI is InChI=1S/C13H11GeO/c14-12-9-5-4-8-11(12)13(15)10-6-2-1-3-7-10/h1-9H,14H2. The zero-order valence-electron chi connectivity index (χ0n) is 8.31. The number of carbonyl (C=O) groups is 1. The number of ketones is 1. The molecule has 0 aromatic heterocycles. The number of hydrogen-bond donors (Lipinski definition) is 0. The van der Waals surface area contributed by atoms with E-state index in [0.717, 1.165) is 32.0 Å². The predicted molar refractivity (Wildman–Crippen MR) is 64.5 cm³/mol. The summed E-state index contributed by atoms with van der Waals surface area (Å²) in [7, 11) is 0. The van der Waals surface area contributed by atoms with E-state index in [1.807, 2.05) is 54.6 Å². The van der Waals surface area contributed by atoms with Crippen molar-refractivity contribution in [1.29, 1.82) is 0 Å². The number of rotatable bonds is 2. The average molecular weight is 256 g/mol. The van der Waals surface area contributed by atoms with Gasteiger partial charge in [0, 0.05) is 0 Å². The van der Waals surface area contributed by atoms with Crippen molar-refractivity contribution < 1.29 is 4.79 Å². The van der Waals surface area contributed by atoms with E-state index in [1.54, 1.807) is 0 Å². The van der Waals surface area contributed by atoms with E-state index in [-0.39, 0.29) is 5.78 Å². The normalized spacial score (nSPS) is 9.93. The van der Waals surface area contributed by atoms with Crippen LogP contribution in [0.25, 0.3) is 0 Å². The Hall–Kier alpha value is -1.35. The number of benzene rings is 2. The molecule has 0 spiro atoms. The molecule has 2 aromatic carbocycles. The van der Waals surface area contributed by atoms with Gasteiger partial charge in [-0.25, -0.2) is 0 Å². The Labute approximate surface area is 97.4 Å². The van der Waals surface area contributed by atoms with Gasteiger partial charge in [-0.15, -0.1) is 0 Å². The minimum atomic E-state index is 0.123. The summed E-state index contributed by atoms with van der Waals surface area (Å²) in [4.78, 5) is 12.1.